The number of urea groups is 1. The molecule has 6 nitrogen and oxygen atoms in total. The third-order valence-corrected chi connectivity index (χ3v) is 3.23. The Hall–Kier alpha value is -1.30. The number of hydrogen-bond donors (Lipinski definition) is 3. The molecular formula is C14H27N3O3. The van der Waals surface area contributed by atoms with Crippen LogP contribution in [-0.4, -0.2) is 41.2 Å². The molecule has 20 heavy (non-hydrogen) atoms. The number of hydrazine groups is 1. The number of rotatable bonds is 5. The van der Waals surface area contributed by atoms with Crippen LogP contribution in [0.3, 0.4) is 0 Å². The average Bonchev–Trinajstić information content (AvgIpc) is 2.26. The van der Waals surface area contributed by atoms with Gasteiger partial charge in [-0.15, -0.1) is 0 Å². The monoisotopic (exact) mass is 285 g/mol. The number of carbonyl (C=O) groups excluding carboxylic acids is 1. The summed E-state index contributed by atoms with van der Waals surface area (Å²) in [5.41, 5.74) is 2.77. The summed E-state index contributed by atoms with van der Waals surface area (Å²) in [6.45, 7) is 7.82. The number of carbonyl (C=O) groups is 2. The van der Waals surface area contributed by atoms with Gasteiger partial charge in [-0.1, -0.05) is 27.2 Å². The lowest BCUT2D eigenvalue weighted by Gasteiger charge is -2.29. The third kappa shape index (κ3) is 7.33. The molecule has 6 heteroatoms. The highest BCUT2D eigenvalue weighted by Crippen LogP contribution is 2.22. The predicted molar refractivity (Wildman–Crippen MR) is 77.2 cm³/mol. The number of piperidine rings is 1. The molecule has 1 saturated heterocycles. The minimum atomic E-state index is -0.891. The van der Waals surface area contributed by atoms with Gasteiger partial charge in [0.1, 0.15) is 0 Å². The minimum absolute atomic E-state index is 0.0292. The molecule has 1 atom stereocenters. The van der Waals surface area contributed by atoms with Gasteiger partial charge in [-0.05, 0) is 24.7 Å². The van der Waals surface area contributed by atoms with Crippen LogP contribution in [0.2, 0.25) is 0 Å². The molecule has 1 heterocycles. The zero-order chi connectivity index (χ0) is 15.2. The van der Waals surface area contributed by atoms with Crippen LogP contribution in [0.5, 0.6) is 0 Å². The number of nitrogens with one attached hydrogen (secondary N) is 2. The topological polar surface area (TPSA) is 81.7 Å². The zero-order valence-corrected chi connectivity index (χ0v) is 12.7. The van der Waals surface area contributed by atoms with Crippen molar-refractivity contribution in [2.75, 3.05) is 13.1 Å². The number of nitrogens with zero attached hydrogens (tertiary/aromatic N) is 1. The van der Waals surface area contributed by atoms with Crippen LogP contribution in [-0.2, 0) is 4.79 Å². The maximum absolute atomic E-state index is 11.9. The summed E-state index contributed by atoms with van der Waals surface area (Å²) in [6.07, 6.45) is 3.95. The van der Waals surface area contributed by atoms with Gasteiger partial charge in [0.05, 0.1) is 6.42 Å². The third-order valence-electron chi connectivity index (χ3n) is 3.23. The van der Waals surface area contributed by atoms with Gasteiger partial charge in [0.2, 0.25) is 0 Å². The van der Waals surface area contributed by atoms with Crippen molar-refractivity contribution in [3.05, 3.63) is 0 Å². The highest BCUT2D eigenvalue weighted by atomic mass is 16.4. The van der Waals surface area contributed by atoms with E-state index in [1.165, 1.54) is 6.42 Å². The van der Waals surface area contributed by atoms with Crippen molar-refractivity contribution in [3.63, 3.8) is 0 Å². The molecule has 1 aliphatic rings. The van der Waals surface area contributed by atoms with Crippen LogP contribution in [0.25, 0.3) is 0 Å². The van der Waals surface area contributed by atoms with Gasteiger partial charge < -0.3 is 10.4 Å². The second kappa shape index (κ2) is 7.47. The van der Waals surface area contributed by atoms with Crippen LogP contribution in [0, 0.1) is 5.41 Å². The summed E-state index contributed by atoms with van der Waals surface area (Å²) in [4.78, 5) is 22.8. The smallest absolute Gasteiger partial charge is 0.329 e. The van der Waals surface area contributed by atoms with Crippen LogP contribution in [0.4, 0.5) is 4.79 Å². The molecule has 0 aromatic rings. The molecule has 0 saturated carbocycles. The van der Waals surface area contributed by atoms with E-state index < -0.39 is 5.97 Å². The number of carboxylic acid groups (broad SMARTS) is 1. The van der Waals surface area contributed by atoms with Gasteiger partial charge in [0, 0.05) is 19.1 Å². The Bertz CT molecular complexity index is 333. The Kier molecular flexibility index (Phi) is 6.26. The van der Waals surface area contributed by atoms with Crippen molar-refractivity contribution in [2.45, 2.75) is 58.9 Å². The molecule has 0 aliphatic carbocycles. The summed E-state index contributed by atoms with van der Waals surface area (Å²) >= 11 is 0. The van der Waals surface area contributed by atoms with E-state index in [0.29, 0.717) is 6.42 Å². The summed E-state index contributed by atoms with van der Waals surface area (Å²) in [5.74, 6) is -0.891. The highest BCUT2D eigenvalue weighted by Gasteiger charge is 2.23. The lowest BCUT2D eigenvalue weighted by atomic mass is 9.87. The van der Waals surface area contributed by atoms with E-state index in [9.17, 15) is 9.59 Å². The molecule has 0 radical (unpaired) electrons. The molecule has 116 valence electrons. The first-order valence-electron chi connectivity index (χ1n) is 7.30. The largest absolute Gasteiger partial charge is 0.481 e. The summed E-state index contributed by atoms with van der Waals surface area (Å²) < 4.78 is 0. The summed E-state index contributed by atoms with van der Waals surface area (Å²) in [5, 5.41) is 13.6. The molecule has 0 aromatic heterocycles. The summed E-state index contributed by atoms with van der Waals surface area (Å²) in [6, 6.07) is -0.653. The molecule has 1 unspecified atom stereocenters. The Labute approximate surface area is 120 Å². The van der Waals surface area contributed by atoms with E-state index in [0.717, 1.165) is 25.9 Å². The molecule has 0 bridgehead atoms. The fourth-order valence-electron chi connectivity index (χ4n) is 2.49. The Morgan fingerprint density at radius 3 is 2.30 bits per heavy atom. The normalized spacial score (nSPS) is 18.4. The molecule has 1 aliphatic heterocycles. The van der Waals surface area contributed by atoms with Crippen molar-refractivity contribution >= 4 is 12.0 Å². The molecule has 1 fully saturated rings. The van der Waals surface area contributed by atoms with Gasteiger partial charge in [0.25, 0.3) is 0 Å². The van der Waals surface area contributed by atoms with Gasteiger partial charge in [-0.25, -0.2) is 9.80 Å². The van der Waals surface area contributed by atoms with E-state index in [1.54, 1.807) is 0 Å². The molecular weight excluding hydrogens is 258 g/mol. The van der Waals surface area contributed by atoms with E-state index in [4.69, 9.17) is 5.11 Å². The van der Waals surface area contributed by atoms with Crippen LogP contribution in [0.1, 0.15) is 52.9 Å². The zero-order valence-electron chi connectivity index (χ0n) is 12.7. The van der Waals surface area contributed by atoms with Crippen molar-refractivity contribution < 1.29 is 14.7 Å². The van der Waals surface area contributed by atoms with Crippen molar-refractivity contribution in [3.8, 4) is 0 Å². The highest BCUT2D eigenvalue weighted by molar-refractivity contribution is 5.75. The number of hydrogen-bond acceptors (Lipinski definition) is 3. The minimum Gasteiger partial charge on any atom is -0.481 e. The maximum atomic E-state index is 11.9. The average molecular weight is 285 g/mol. The first-order valence-corrected chi connectivity index (χ1v) is 7.30. The first kappa shape index (κ1) is 16.8. The van der Waals surface area contributed by atoms with Gasteiger partial charge in [-0.2, -0.15) is 0 Å². The van der Waals surface area contributed by atoms with E-state index in [-0.39, 0.29) is 23.9 Å². The van der Waals surface area contributed by atoms with Crippen molar-refractivity contribution in [1.82, 2.24) is 15.8 Å². The second-order valence-corrected chi connectivity index (χ2v) is 6.69. The van der Waals surface area contributed by atoms with Crippen molar-refractivity contribution in [1.29, 1.82) is 0 Å². The SMILES string of the molecule is CC(C)(C)CC(CC(=O)O)NC(=O)NN1CCCCC1. The second-order valence-electron chi connectivity index (χ2n) is 6.69. The maximum Gasteiger partial charge on any atom is 0.329 e. The Morgan fingerprint density at radius 1 is 1.20 bits per heavy atom. The van der Waals surface area contributed by atoms with Gasteiger partial charge in [-0.3, -0.25) is 10.2 Å². The standard InChI is InChI=1S/C14H27N3O3/c1-14(2,3)10-11(9-12(18)19)15-13(20)16-17-7-5-4-6-8-17/h11H,4-10H2,1-3H3,(H,18,19)(H2,15,16,20). The molecule has 3 N–H and O–H groups in total. The van der Waals surface area contributed by atoms with Crippen LogP contribution in [0.15, 0.2) is 0 Å². The van der Waals surface area contributed by atoms with Crippen LogP contribution < -0.4 is 10.7 Å². The first-order chi connectivity index (χ1) is 9.26. The lowest BCUT2D eigenvalue weighted by molar-refractivity contribution is -0.137. The molecule has 1 rings (SSSR count). The molecule has 2 amide bonds. The predicted octanol–water partition coefficient (Wildman–Crippen LogP) is 1.97. The quantitative estimate of drug-likeness (QED) is 0.721. The van der Waals surface area contributed by atoms with Gasteiger partial charge >= 0.3 is 12.0 Å². The number of carboxylic acids is 1. The van der Waals surface area contributed by atoms with Crippen molar-refractivity contribution in [2.24, 2.45) is 5.41 Å². The van der Waals surface area contributed by atoms with E-state index in [1.807, 2.05) is 25.8 Å². The molecule has 0 aromatic carbocycles. The van der Waals surface area contributed by atoms with Gasteiger partial charge in [0.15, 0.2) is 0 Å². The Balaban J connectivity index is 2.45. The fraction of sp³-hybridized carbons (Fsp3) is 0.857. The van der Waals surface area contributed by atoms with E-state index in [2.05, 4.69) is 10.7 Å². The number of aliphatic carboxylic acids is 1. The van der Waals surface area contributed by atoms with E-state index >= 15 is 0 Å². The molecule has 0 spiro atoms. The summed E-state index contributed by atoms with van der Waals surface area (Å²) in [7, 11) is 0. The fourth-order valence-corrected chi connectivity index (χ4v) is 2.49. The lowest BCUT2D eigenvalue weighted by Crippen LogP contribution is -2.52. The Morgan fingerprint density at radius 2 is 1.80 bits per heavy atom. The number of amides is 2. The van der Waals surface area contributed by atoms with Crippen LogP contribution >= 0.6 is 0 Å².